The van der Waals surface area contributed by atoms with Crippen molar-refractivity contribution in [3.63, 3.8) is 0 Å². The number of aromatic hydroxyl groups is 1. The molecule has 37 heavy (non-hydrogen) atoms. The van der Waals surface area contributed by atoms with Crippen LogP contribution in [0, 0.1) is 0 Å². The van der Waals surface area contributed by atoms with E-state index in [2.05, 4.69) is 30.2 Å². The van der Waals surface area contributed by atoms with E-state index < -0.39 is 18.3 Å². The van der Waals surface area contributed by atoms with Crippen LogP contribution in [-0.2, 0) is 0 Å². The Balaban J connectivity index is 1.23. The number of halogens is 4. The first kappa shape index (κ1) is 23.8. The SMILES string of the molecule is Oc1cc(-c2cncc(OC(F)(F)F)c2)ccc1-c1cnc(N(C2CC2)[C@H]2C[C@@H]3CC[C@H](N3)[C@H]2F)nn1. The Bertz CT molecular complexity index is 1290. The monoisotopic (exact) mass is 516 g/mol. The van der Waals surface area contributed by atoms with Crippen LogP contribution in [0.2, 0.25) is 0 Å². The molecular weight excluding hydrogens is 492 g/mol. The van der Waals surface area contributed by atoms with Crippen LogP contribution in [0.1, 0.15) is 32.1 Å². The maximum absolute atomic E-state index is 15.3. The number of anilines is 1. The van der Waals surface area contributed by atoms with Crippen molar-refractivity contribution in [2.24, 2.45) is 0 Å². The van der Waals surface area contributed by atoms with Gasteiger partial charge in [-0.2, -0.15) is 0 Å². The molecule has 12 heteroatoms. The van der Waals surface area contributed by atoms with Gasteiger partial charge < -0.3 is 20.1 Å². The van der Waals surface area contributed by atoms with E-state index in [4.69, 9.17) is 0 Å². The number of ether oxygens (including phenoxy) is 1. The molecule has 1 saturated carbocycles. The third-order valence-electron chi connectivity index (χ3n) is 7.19. The summed E-state index contributed by atoms with van der Waals surface area (Å²) >= 11 is 0. The van der Waals surface area contributed by atoms with Crippen LogP contribution in [0.4, 0.5) is 23.5 Å². The zero-order valence-electron chi connectivity index (χ0n) is 19.6. The Morgan fingerprint density at radius 3 is 2.54 bits per heavy atom. The maximum Gasteiger partial charge on any atom is 0.573 e. The number of phenols is 1. The normalized spacial score (nSPS) is 25.2. The van der Waals surface area contributed by atoms with Gasteiger partial charge in [-0.05, 0) is 55.9 Å². The van der Waals surface area contributed by atoms with E-state index in [1.165, 1.54) is 24.5 Å². The molecule has 4 atom stereocenters. The Morgan fingerprint density at radius 1 is 1.00 bits per heavy atom. The molecule has 4 heterocycles. The number of phenolic OH excluding ortho intramolecular Hbond substituents is 1. The Labute approximate surface area is 209 Å². The second-order valence-electron chi connectivity index (χ2n) is 9.77. The zero-order valence-corrected chi connectivity index (χ0v) is 19.6. The van der Waals surface area contributed by atoms with E-state index in [1.54, 1.807) is 12.1 Å². The lowest BCUT2D eigenvalue weighted by Gasteiger charge is -2.40. The van der Waals surface area contributed by atoms with Gasteiger partial charge in [0, 0.05) is 35.4 Å². The van der Waals surface area contributed by atoms with Crippen LogP contribution in [0.15, 0.2) is 42.9 Å². The average Bonchev–Trinajstić information content (AvgIpc) is 3.61. The fourth-order valence-electron chi connectivity index (χ4n) is 5.38. The topological polar surface area (TPSA) is 96.3 Å². The minimum atomic E-state index is -4.84. The summed E-state index contributed by atoms with van der Waals surface area (Å²) in [6.45, 7) is 0. The molecule has 0 radical (unpaired) electrons. The van der Waals surface area contributed by atoms with Crippen LogP contribution >= 0.6 is 0 Å². The summed E-state index contributed by atoms with van der Waals surface area (Å²) < 4.78 is 56.8. The second kappa shape index (κ2) is 9.09. The van der Waals surface area contributed by atoms with E-state index in [-0.39, 0.29) is 23.9 Å². The summed E-state index contributed by atoms with van der Waals surface area (Å²) in [4.78, 5) is 10.3. The van der Waals surface area contributed by atoms with Gasteiger partial charge in [0.25, 0.3) is 0 Å². The van der Waals surface area contributed by atoms with Gasteiger partial charge in [0.05, 0.1) is 18.4 Å². The Kier molecular flexibility index (Phi) is 5.85. The molecule has 0 amide bonds. The van der Waals surface area contributed by atoms with Crippen molar-refractivity contribution in [2.75, 3.05) is 4.90 Å². The number of pyridine rings is 1. The lowest BCUT2D eigenvalue weighted by molar-refractivity contribution is -0.274. The molecule has 3 aromatic rings. The molecule has 8 nitrogen and oxygen atoms in total. The Morgan fingerprint density at radius 2 is 1.84 bits per heavy atom. The Hall–Kier alpha value is -3.54. The molecule has 0 unspecified atom stereocenters. The van der Waals surface area contributed by atoms with Crippen LogP contribution in [-0.4, -0.2) is 62.0 Å². The molecule has 194 valence electrons. The third-order valence-corrected chi connectivity index (χ3v) is 7.19. The minimum Gasteiger partial charge on any atom is -0.507 e. The lowest BCUT2D eigenvalue weighted by atomic mass is 9.96. The van der Waals surface area contributed by atoms with Gasteiger partial charge in [0.2, 0.25) is 5.95 Å². The first-order chi connectivity index (χ1) is 17.7. The summed E-state index contributed by atoms with van der Waals surface area (Å²) in [6, 6.07) is 5.86. The molecule has 1 aliphatic carbocycles. The summed E-state index contributed by atoms with van der Waals surface area (Å²) in [5, 5.41) is 22.6. The van der Waals surface area contributed by atoms with Crippen molar-refractivity contribution < 1.29 is 27.4 Å². The summed E-state index contributed by atoms with van der Waals surface area (Å²) in [5.74, 6) is -0.234. The molecule has 0 spiro atoms. The quantitative estimate of drug-likeness (QED) is 0.466. The van der Waals surface area contributed by atoms with Gasteiger partial charge >= 0.3 is 6.36 Å². The average molecular weight is 516 g/mol. The number of nitrogens with one attached hydrogen (secondary N) is 1. The molecule has 6 rings (SSSR count). The summed E-state index contributed by atoms with van der Waals surface area (Å²) in [7, 11) is 0. The minimum absolute atomic E-state index is 0.136. The van der Waals surface area contributed by atoms with Crippen molar-refractivity contribution >= 4 is 5.95 Å². The fraction of sp³-hybridized carbons (Fsp3) is 0.440. The van der Waals surface area contributed by atoms with Crippen LogP contribution in [0.25, 0.3) is 22.4 Å². The smallest absolute Gasteiger partial charge is 0.507 e. The van der Waals surface area contributed by atoms with E-state index in [0.717, 1.165) is 31.9 Å². The van der Waals surface area contributed by atoms with Crippen LogP contribution < -0.4 is 15.0 Å². The first-order valence-corrected chi connectivity index (χ1v) is 12.2. The highest BCUT2D eigenvalue weighted by atomic mass is 19.4. The van der Waals surface area contributed by atoms with E-state index in [0.29, 0.717) is 40.8 Å². The van der Waals surface area contributed by atoms with Crippen molar-refractivity contribution in [2.45, 2.75) is 68.8 Å². The first-order valence-electron chi connectivity index (χ1n) is 12.2. The lowest BCUT2D eigenvalue weighted by Crippen LogP contribution is -2.57. The largest absolute Gasteiger partial charge is 0.573 e. The fourth-order valence-corrected chi connectivity index (χ4v) is 5.38. The van der Waals surface area contributed by atoms with E-state index in [1.807, 2.05) is 4.90 Å². The third kappa shape index (κ3) is 4.89. The molecule has 3 fully saturated rings. The van der Waals surface area contributed by atoms with Crippen molar-refractivity contribution in [3.05, 3.63) is 42.9 Å². The molecule has 2 bridgehead atoms. The van der Waals surface area contributed by atoms with Crippen LogP contribution in [0.5, 0.6) is 11.5 Å². The predicted octanol–water partition coefficient (Wildman–Crippen LogP) is 4.40. The number of hydrogen-bond donors (Lipinski definition) is 2. The highest BCUT2D eigenvalue weighted by molar-refractivity contribution is 5.74. The number of nitrogens with zero attached hydrogens (tertiary/aromatic N) is 5. The van der Waals surface area contributed by atoms with Gasteiger partial charge in [-0.25, -0.2) is 9.37 Å². The molecule has 3 aliphatic rings. The van der Waals surface area contributed by atoms with Gasteiger partial charge in [0.1, 0.15) is 23.4 Å². The number of fused-ring (bicyclic) bond motifs is 2. The highest BCUT2D eigenvalue weighted by Gasteiger charge is 2.48. The number of benzene rings is 1. The van der Waals surface area contributed by atoms with Gasteiger partial charge in [-0.3, -0.25) is 4.98 Å². The number of rotatable bonds is 6. The number of aromatic nitrogens is 4. The molecule has 2 aromatic heterocycles. The number of piperidine rings is 1. The van der Waals surface area contributed by atoms with E-state index >= 15 is 4.39 Å². The van der Waals surface area contributed by atoms with E-state index in [9.17, 15) is 18.3 Å². The molecule has 1 aromatic carbocycles. The van der Waals surface area contributed by atoms with Gasteiger partial charge in [-0.15, -0.1) is 23.4 Å². The van der Waals surface area contributed by atoms with Crippen LogP contribution in [0.3, 0.4) is 0 Å². The standard InChI is InChI=1S/C25H24F4N6O2/c26-23-19-6-2-15(32-19)9-21(23)35(16-3-4-16)24-31-12-20(33-34-24)18-5-1-13(8-22(18)36)14-7-17(11-30-10-14)37-25(27,28)29/h1,5,7-8,10-12,15-16,19,21,23,32,36H,2-4,6,9H2/t15-,19-,21-,23+/m0/s1. The van der Waals surface area contributed by atoms with Crippen molar-refractivity contribution in [1.29, 1.82) is 0 Å². The molecule has 2 N–H and O–H groups in total. The highest BCUT2D eigenvalue weighted by Crippen LogP contribution is 2.40. The van der Waals surface area contributed by atoms with Crippen molar-refractivity contribution in [3.8, 4) is 33.9 Å². The molecular formula is C25H24F4N6O2. The van der Waals surface area contributed by atoms with Gasteiger partial charge in [0.15, 0.2) is 0 Å². The predicted molar refractivity (Wildman–Crippen MR) is 126 cm³/mol. The number of hydrogen-bond acceptors (Lipinski definition) is 8. The zero-order chi connectivity index (χ0) is 25.7. The second-order valence-corrected chi connectivity index (χ2v) is 9.77. The summed E-state index contributed by atoms with van der Waals surface area (Å²) in [6.07, 6.45) is 2.41. The van der Waals surface area contributed by atoms with Gasteiger partial charge in [-0.1, -0.05) is 6.07 Å². The maximum atomic E-state index is 15.3. The molecule has 2 aliphatic heterocycles. The van der Waals surface area contributed by atoms with Crippen molar-refractivity contribution in [1.82, 2.24) is 25.5 Å². The summed E-state index contributed by atoms with van der Waals surface area (Å²) in [5.41, 5.74) is 1.44. The molecule has 2 saturated heterocycles. The number of alkyl halides is 4.